The Balaban J connectivity index is 1.42. The zero-order valence-electron chi connectivity index (χ0n) is 17.1. The van der Waals surface area contributed by atoms with E-state index in [1.807, 2.05) is 0 Å². The highest BCUT2D eigenvalue weighted by Gasteiger charge is 2.28. The van der Waals surface area contributed by atoms with Crippen molar-refractivity contribution in [3.8, 4) is 0 Å². The summed E-state index contributed by atoms with van der Waals surface area (Å²) in [6.07, 6.45) is 6.61. The van der Waals surface area contributed by atoms with Gasteiger partial charge < -0.3 is 10.6 Å². The Morgan fingerprint density at radius 3 is 2.69 bits per heavy atom. The number of nitrogens with one attached hydrogen (secondary N) is 2. The average Bonchev–Trinajstić information content (AvgIpc) is 3.54. The molecule has 29 heavy (non-hydrogen) atoms. The minimum atomic E-state index is -0.905. The molecule has 1 saturated heterocycles. The molecule has 5 nitrogen and oxygen atoms in total. The standard InChI is InChI=1S/C23H30FN5/c1-14-2-9-20-18(12-14)23(28-21-10-11-25-13-19(21)24)29-22(27-20)15-3-5-16(6-4-15)26-17-7-8-17/h2,9,12,15,17,19,21,25H,3-8,10-11,13H2,1H3,(H,27,28,29). The van der Waals surface area contributed by atoms with Crippen molar-refractivity contribution in [2.75, 3.05) is 18.4 Å². The van der Waals surface area contributed by atoms with Gasteiger partial charge >= 0.3 is 0 Å². The van der Waals surface area contributed by atoms with Gasteiger partial charge in [-0.3, -0.25) is 4.99 Å². The Kier molecular flexibility index (Phi) is 5.20. The van der Waals surface area contributed by atoms with Crippen molar-refractivity contribution in [3.63, 3.8) is 0 Å². The molecule has 3 fully saturated rings. The number of fused-ring (bicyclic) bond motifs is 1. The number of halogens is 1. The van der Waals surface area contributed by atoms with E-state index in [1.165, 1.54) is 18.6 Å². The Hall–Kier alpha value is -2.08. The second-order valence-corrected chi connectivity index (χ2v) is 8.91. The van der Waals surface area contributed by atoms with Crippen molar-refractivity contribution in [2.24, 2.45) is 4.99 Å². The van der Waals surface area contributed by atoms with Crippen LogP contribution in [0.3, 0.4) is 0 Å². The summed E-state index contributed by atoms with van der Waals surface area (Å²) in [6, 6.07) is 6.67. The molecule has 0 spiro atoms. The predicted octanol–water partition coefficient (Wildman–Crippen LogP) is 4.31. The number of aliphatic imine (C=N–C) groups is 1. The van der Waals surface area contributed by atoms with Gasteiger partial charge in [0, 0.05) is 23.6 Å². The van der Waals surface area contributed by atoms with Gasteiger partial charge in [0.1, 0.15) is 17.8 Å². The van der Waals surface area contributed by atoms with Crippen molar-refractivity contribution in [1.29, 1.82) is 0 Å². The molecule has 0 radical (unpaired) electrons. The van der Waals surface area contributed by atoms with Crippen molar-refractivity contribution in [2.45, 2.75) is 76.0 Å². The third-order valence-corrected chi connectivity index (χ3v) is 6.44. The number of hydrogen-bond donors (Lipinski definition) is 2. The first-order valence-corrected chi connectivity index (χ1v) is 11.1. The third kappa shape index (κ3) is 4.27. The van der Waals surface area contributed by atoms with Gasteiger partial charge in [-0.15, -0.1) is 0 Å². The Morgan fingerprint density at radius 1 is 1.10 bits per heavy atom. The predicted molar refractivity (Wildman–Crippen MR) is 116 cm³/mol. The van der Waals surface area contributed by atoms with Gasteiger partial charge in [0.05, 0.1) is 17.6 Å². The molecule has 1 aromatic heterocycles. The molecule has 2 unspecified atom stereocenters. The third-order valence-electron chi connectivity index (χ3n) is 6.44. The lowest BCUT2D eigenvalue weighted by Gasteiger charge is -2.29. The van der Waals surface area contributed by atoms with E-state index in [0.717, 1.165) is 66.8 Å². The van der Waals surface area contributed by atoms with E-state index >= 15 is 0 Å². The van der Waals surface area contributed by atoms with Crippen LogP contribution in [0.15, 0.2) is 23.2 Å². The number of piperidine rings is 1. The van der Waals surface area contributed by atoms with Crippen LogP contribution in [0.4, 0.5) is 10.2 Å². The molecule has 0 bridgehead atoms. The van der Waals surface area contributed by atoms with E-state index in [0.29, 0.717) is 18.5 Å². The molecule has 154 valence electrons. The summed E-state index contributed by atoms with van der Waals surface area (Å²) in [4.78, 5) is 14.7. The fraction of sp³-hybridized carbons (Fsp3) is 0.609. The molecule has 2 saturated carbocycles. The number of aromatic nitrogens is 2. The van der Waals surface area contributed by atoms with Crippen LogP contribution in [0.1, 0.15) is 62.3 Å². The number of rotatable bonds is 4. The fourth-order valence-corrected chi connectivity index (χ4v) is 4.51. The maximum Gasteiger partial charge on any atom is 0.137 e. The molecule has 0 amide bonds. The van der Waals surface area contributed by atoms with Gasteiger partial charge in [-0.2, -0.15) is 0 Å². The second kappa shape index (κ2) is 7.98. The molecule has 2 heterocycles. The number of nitrogens with zero attached hydrogens (tertiary/aromatic N) is 3. The van der Waals surface area contributed by atoms with Crippen LogP contribution < -0.4 is 10.6 Å². The molecular formula is C23H30FN5. The van der Waals surface area contributed by atoms with Crippen LogP contribution in [-0.4, -0.2) is 47.0 Å². The van der Waals surface area contributed by atoms with E-state index in [1.54, 1.807) is 0 Å². The van der Waals surface area contributed by atoms with Crippen molar-refractivity contribution >= 4 is 22.4 Å². The normalized spacial score (nSPS) is 27.8. The summed E-state index contributed by atoms with van der Waals surface area (Å²) in [5.41, 5.74) is 3.50. The number of hydrogen-bond acceptors (Lipinski definition) is 5. The van der Waals surface area contributed by atoms with Crippen LogP contribution >= 0.6 is 0 Å². The lowest BCUT2D eigenvalue weighted by Crippen LogP contribution is -2.45. The van der Waals surface area contributed by atoms with Crippen LogP contribution in [-0.2, 0) is 0 Å². The molecule has 1 aliphatic heterocycles. The Bertz CT molecular complexity index is 913. The summed E-state index contributed by atoms with van der Waals surface area (Å²) < 4.78 is 14.4. The molecule has 2 aromatic rings. The molecule has 5 rings (SSSR count). The summed E-state index contributed by atoms with van der Waals surface area (Å²) in [6.45, 7) is 3.30. The zero-order valence-corrected chi connectivity index (χ0v) is 17.1. The van der Waals surface area contributed by atoms with Gasteiger partial charge in [0.2, 0.25) is 0 Å². The largest absolute Gasteiger partial charge is 0.364 e. The maximum absolute atomic E-state index is 14.4. The van der Waals surface area contributed by atoms with Crippen LogP contribution in [0.5, 0.6) is 0 Å². The van der Waals surface area contributed by atoms with Gasteiger partial charge in [-0.1, -0.05) is 11.6 Å². The van der Waals surface area contributed by atoms with E-state index in [2.05, 4.69) is 35.8 Å². The summed E-state index contributed by atoms with van der Waals surface area (Å²) in [5, 5.41) is 7.55. The molecule has 2 atom stereocenters. The first-order valence-electron chi connectivity index (χ1n) is 11.1. The minimum absolute atomic E-state index is 0.202. The van der Waals surface area contributed by atoms with E-state index in [-0.39, 0.29) is 6.04 Å². The molecule has 2 aliphatic carbocycles. The molecule has 1 aromatic carbocycles. The molecular weight excluding hydrogens is 365 g/mol. The van der Waals surface area contributed by atoms with Crippen molar-refractivity contribution in [3.05, 3.63) is 29.6 Å². The number of anilines is 1. The zero-order chi connectivity index (χ0) is 19.8. The van der Waals surface area contributed by atoms with Gasteiger partial charge in [0.15, 0.2) is 0 Å². The lowest BCUT2D eigenvalue weighted by molar-refractivity contribution is 0.244. The topological polar surface area (TPSA) is 62.2 Å². The number of aryl methyl sites for hydroxylation is 1. The Morgan fingerprint density at radius 2 is 1.93 bits per heavy atom. The Labute approximate surface area is 171 Å². The molecule has 3 aliphatic rings. The van der Waals surface area contributed by atoms with Crippen LogP contribution in [0.25, 0.3) is 10.9 Å². The minimum Gasteiger partial charge on any atom is -0.364 e. The SMILES string of the molecule is Cc1ccc2nc(C3CCC(=NC4CC4)CC3)nc(NC3CCNCC3F)c2c1. The highest BCUT2D eigenvalue weighted by molar-refractivity contribution is 5.90. The monoisotopic (exact) mass is 395 g/mol. The highest BCUT2D eigenvalue weighted by Crippen LogP contribution is 2.34. The smallest absolute Gasteiger partial charge is 0.137 e. The van der Waals surface area contributed by atoms with Gasteiger partial charge in [-0.25, -0.2) is 14.4 Å². The van der Waals surface area contributed by atoms with Crippen LogP contribution in [0, 0.1) is 6.92 Å². The first-order chi connectivity index (χ1) is 14.2. The number of alkyl halides is 1. The highest BCUT2D eigenvalue weighted by atomic mass is 19.1. The maximum atomic E-state index is 14.4. The molecule has 6 heteroatoms. The van der Waals surface area contributed by atoms with E-state index in [4.69, 9.17) is 15.0 Å². The number of benzene rings is 1. The quantitative estimate of drug-likeness (QED) is 0.810. The second-order valence-electron chi connectivity index (χ2n) is 8.91. The lowest BCUT2D eigenvalue weighted by atomic mass is 9.87. The van der Waals surface area contributed by atoms with E-state index < -0.39 is 6.17 Å². The summed E-state index contributed by atoms with van der Waals surface area (Å²) in [5.74, 6) is 2.05. The molecule has 2 N–H and O–H groups in total. The summed E-state index contributed by atoms with van der Waals surface area (Å²) in [7, 11) is 0. The summed E-state index contributed by atoms with van der Waals surface area (Å²) >= 11 is 0. The van der Waals surface area contributed by atoms with E-state index in [9.17, 15) is 4.39 Å². The first kappa shape index (κ1) is 18.9. The van der Waals surface area contributed by atoms with Crippen molar-refractivity contribution < 1.29 is 4.39 Å². The average molecular weight is 396 g/mol. The van der Waals surface area contributed by atoms with Crippen LogP contribution in [0.2, 0.25) is 0 Å². The van der Waals surface area contributed by atoms with Crippen molar-refractivity contribution in [1.82, 2.24) is 15.3 Å². The van der Waals surface area contributed by atoms with Gasteiger partial charge in [0.25, 0.3) is 0 Å². The fourth-order valence-electron chi connectivity index (χ4n) is 4.51. The van der Waals surface area contributed by atoms with Gasteiger partial charge in [-0.05, 0) is 70.5 Å².